The van der Waals surface area contributed by atoms with Gasteiger partial charge in [0, 0.05) is 0 Å². The average molecular weight is 238 g/mol. The number of nitrogens with zero attached hydrogens (tertiary/aromatic N) is 2. The van der Waals surface area contributed by atoms with Gasteiger partial charge < -0.3 is 0 Å². The fourth-order valence-corrected chi connectivity index (χ4v) is 2.76. The molecule has 3 nitrogen and oxygen atoms in total. The highest BCUT2D eigenvalue weighted by atomic mass is 15.1. The first kappa shape index (κ1) is 14.4. The van der Waals surface area contributed by atoms with Crippen LogP contribution in [0.5, 0.6) is 0 Å². The van der Waals surface area contributed by atoms with E-state index in [2.05, 4.69) is 10.0 Å². The number of nitrogens with one attached hydrogen (secondary N) is 1. The summed E-state index contributed by atoms with van der Waals surface area (Å²) in [6.45, 7) is 0.781. The molecule has 0 radical (unpaired) electrons. The Morgan fingerprint density at radius 2 is 1.18 bits per heavy atom. The van der Waals surface area contributed by atoms with Crippen LogP contribution >= 0.6 is 0 Å². The van der Waals surface area contributed by atoms with Gasteiger partial charge in [-0.2, -0.15) is 0 Å². The van der Waals surface area contributed by atoms with Crippen molar-refractivity contribution in [3.8, 4) is 0 Å². The lowest BCUT2D eigenvalue weighted by molar-refractivity contribution is 0.410. The van der Waals surface area contributed by atoms with E-state index in [1.165, 1.54) is 77.0 Å². The Balaban J connectivity index is 2.27. The minimum atomic E-state index is 0.685. The molecule has 0 atom stereocenters. The van der Waals surface area contributed by atoms with E-state index < -0.39 is 0 Å². The van der Waals surface area contributed by atoms with E-state index in [1.807, 2.05) is 0 Å². The Morgan fingerprint density at radius 3 is 1.59 bits per heavy atom. The summed E-state index contributed by atoms with van der Waals surface area (Å²) in [6.07, 6.45) is 16.6. The maximum absolute atomic E-state index is 6.75. The minimum absolute atomic E-state index is 0.685. The van der Waals surface area contributed by atoms with Crippen LogP contribution in [0.1, 0.15) is 77.0 Å². The molecule has 0 bridgehead atoms. The molecule has 0 saturated heterocycles. The van der Waals surface area contributed by atoms with Crippen LogP contribution in [0.15, 0.2) is 5.11 Å². The van der Waals surface area contributed by atoms with Crippen molar-refractivity contribution in [1.29, 1.82) is 5.53 Å². The minimum Gasteiger partial charge on any atom is -0.0533 e. The Morgan fingerprint density at radius 1 is 0.765 bits per heavy atom. The Bertz CT molecular complexity index is 208. The van der Waals surface area contributed by atoms with Crippen molar-refractivity contribution in [2.24, 2.45) is 11.0 Å². The van der Waals surface area contributed by atoms with Gasteiger partial charge in [-0.25, -0.2) is 0 Å². The van der Waals surface area contributed by atoms with Gasteiger partial charge in [-0.15, -0.1) is 0 Å². The van der Waals surface area contributed by atoms with E-state index in [0.717, 1.165) is 6.54 Å². The first-order valence-electron chi connectivity index (χ1n) is 7.46. The van der Waals surface area contributed by atoms with Gasteiger partial charge in [-0.05, 0) is 18.8 Å². The lowest BCUT2D eigenvalue weighted by atomic mass is 9.95. The van der Waals surface area contributed by atoms with Gasteiger partial charge in [0.25, 0.3) is 0 Å². The van der Waals surface area contributed by atoms with Gasteiger partial charge in [0.05, 0.1) is 0 Å². The SMILES string of the molecule is N=[N+]=NCC1CCCCCCCCCCCC1. The second-order valence-electron chi connectivity index (χ2n) is 5.40. The lowest BCUT2D eigenvalue weighted by Gasteiger charge is -2.11. The summed E-state index contributed by atoms with van der Waals surface area (Å²) >= 11 is 0. The molecule has 0 aromatic rings. The molecule has 17 heavy (non-hydrogen) atoms. The van der Waals surface area contributed by atoms with Crippen molar-refractivity contribution in [3.05, 3.63) is 0 Å². The summed E-state index contributed by atoms with van der Waals surface area (Å²) in [7, 11) is 0. The molecule has 1 rings (SSSR count). The Kier molecular flexibility index (Phi) is 8.85. The third-order valence-electron chi connectivity index (χ3n) is 3.89. The number of hydrogen-bond acceptors (Lipinski definition) is 2. The largest absolute Gasteiger partial charge is 0.214 e. The molecule has 0 aliphatic heterocycles. The van der Waals surface area contributed by atoms with E-state index in [9.17, 15) is 0 Å². The third-order valence-corrected chi connectivity index (χ3v) is 3.89. The Labute approximate surface area is 106 Å². The first-order valence-corrected chi connectivity index (χ1v) is 7.46. The fourth-order valence-electron chi connectivity index (χ4n) is 2.76. The molecular weight excluding hydrogens is 210 g/mol. The summed E-state index contributed by atoms with van der Waals surface area (Å²) in [5.41, 5.74) is 6.75. The zero-order chi connectivity index (χ0) is 12.2. The topological polar surface area (TPSA) is 50.3 Å². The second-order valence-corrected chi connectivity index (χ2v) is 5.40. The van der Waals surface area contributed by atoms with E-state index in [1.54, 1.807) is 0 Å². The standard InChI is InChI=1S/C14H28N3/c15-17-16-13-14-11-9-7-5-3-1-2-4-6-8-10-12-14/h14-15H,1-13H2/q+1. The van der Waals surface area contributed by atoms with E-state index in [4.69, 9.17) is 5.53 Å². The normalized spacial score (nSPS) is 21.6. The van der Waals surface area contributed by atoms with Crippen LogP contribution in [0.25, 0.3) is 0 Å². The van der Waals surface area contributed by atoms with Crippen molar-refractivity contribution in [2.45, 2.75) is 77.0 Å². The number of hydrogen-bond donors (Lipinski definition) is 1. The quantitative estimate of drug-likeness (QED) is 0.528. The van der Waals surface area contributed by atoms with Gasteiger partial charge in [0.2, 0.25) is 4.91 Å². The second kappa shape index (κ2) is 10.5. The zero-order valence-corrected chi connectivity index (χ0v) is 11.2. The van der Waals surface area contributed by atoms with Gasteiger partial charge in [0.15, 0.2) is 0 Å². The van der Waals surface area contributed by atoms with Crippen LogP contribution in [-0.2, 0) is 0 Å². The molecule has 0 amide bonds. The van der Waals surface area contributed by atoms with Gasteiger partial charge >= 0.3 is 0 Å². The first-order chi connectivity index (χ1) is 8.43. The van der Waals surface area contributed by atoms with Crippen LogP contribution in [-0.4, -0.2) is 6.54 Å². The molecule has 1 aliphatic carbocycles. The van der Waals surface area contributed by atoms with Crippen LogP contribution < -0.4 is 4.91 Å². The molecule has 0 aromatic carbocycles. The number of rotatable bonds is 2. The molecule has 1 fully saturated rings. The highest BCUT2D eigenvalue weighted by Crippen LogP contribution is 2.20. The maximum Gasteiger partial charge on any atom is 0.214 e. The summed E-state index contributed by atoms with van der Waals surface area (Å²) in [6, 6.07) is 0. The van der Waals surface area contributed by atoms with Crippen LogP contribution in [0, 0.1) is 11.4 Å². The molecule has 3 heteroatoms. The predicted octanol–water partition coefficient (Wildman–Crippen LogP) is 4.85. The molecule has 98 valence electrons. The summed E-state index contributed by atoms with van der Waals surface area (Å²) < 4.78 is 0. The molecule has 0 unspecified atom stereocenters. The molecular formula is C14H28N3+. The molecule has 0 heterocycles. The van der Waals surface area contributed by atoms with Crippen LogP contribution in [0.3, 0.4) is 0 Å². The van der Waals surface area contributed by atoms with E-state index >= 15 is 0 Å². The lowest BCUT2D eigenvalue weighted by Crippen LogP contribution is -2.05. The molecule has 1 saturated carbocycles. The van der Waals surface area contributed by atoms with Crippen LogP contribution in [0.2, 0.25) is 0 Å². The third kappa shape index (κ3) is 8.09. The van der Waals surface area contributed by atoms with E-state index in [-0.39, 0.29) is 0 Å². The smallest absolute Gasteiger partial charge is 0.0533 e. The monoisotopic (exact) mass is 238 g/mol. The molecule has 1 N–H and O–H groups in total. The molecule has 0 aromatic heterocycles. The van der Waals surface area contributed by atoms with E-state index in [0.29, 0.717) is 5.92 Å². The van der Waals surface area contributed by atoms with Crippen LogP contribution in [0.4, 0.5) is 0 Å². The molecule has 1 aliphatic rings. The predicted molar refractivity (Wildman–Crippen MR) is 71.0 cm³/mol. The van der Waals surface area contributed by atoms with Crippen molar-refractivity contribution < 1.29 is 0 Å². The highest BCUT2D eigenvalue weighted by molar-refractivity contribution is 4.63. The van der Waals surface area contributed by atoms with Crippen molar-refractivity contribution in [2.75, 3.05) is 6.54 Å². The van der Waals surface area contributed by atoms with Gasteiger partial charge in [0.1, 0.15) is 17.2 Å². The van der Waals surface area contributed by atoms with Crippen molar-refractivity contribution in [1.82, 2.24) is 4.91 Å². The highest BCUT2D eigenvalue weighted by Gasteiger charge is 2.10. The zero-order valence-electron chi connectivity index (χ0n) is 11.2. The van der Waals surface area contributed by atoms with Gasteiger partial charge in [-0.1, -0.05) is 64.2 Å². The summed E-state index contributed by atoms with van der Waals surface area (Å²) in [4.78, 5) is 3.15. The maximum atomic E-state index is 6.75. The van der Waals surface area contributed by atoms with Crippen molar-refractivity contribution >= 4 is 0 Å². The van der Waals surface area contributed by atoms with Gasteiger partial charge in [-0.3, -0.25) is 0 Å². The van der Waals surface area contributed by atoms with Crippen molar-refractivity contribution in [3.63, 3.8) is 0 Å². The summed E-state index contributed by atoms with van der Waals surface area (Å²) in [5.74, 6) is 0.685. The Hall–Kier alpha value is -0.690. The summed E-state index contributed by atoms with van der Waals surface area (Å²) in [5, 5.41) is 3.87. The fraction of sp³-hybridized carbons (Fsp3) is 1.00. The molecule has 0 spiro atoms. The average Bonchev–Trinajstić information content (AvgIpc) is 2.37.